The summed E-state index contributed by atoms with van der Waals surface area (Å²) in [6, 6.07) is 20.8. The van der Waals surface area contributed by atoms with Gasteiger partial charge in [-0.3, -0.25) is 0 Å². The monoisotopic (exact) mass is 236 g/mol. The second-order valence-electron chi connectivity index (χ2n) is 2.73. The molecule has 0 N–H and O–H groups in total. The van der Waals surface area contributed by atoms with Gasteiger partial charge < -0.3 is 0 Å². The Labute approximate surface area is 89.1 Å². The third kappa shape index (κ3) is 2.45. The molecular formula is C12H12Se. The fourth-order valence-electron chi connectivity index (χ4n) is 1.26. The molecule has 2 aromatic carbocycles. The summed E-state index contributed by atoms with van der Waals surface area (Å²) >= 11 is 0. The molecule has 66 valence electrons. The Morgan fingerprint density at radius 1 is 0.462 bits per heavy atom. The van der Waals surface area contributed by atoms with Crippen LogP contribution in [0.4, 0.5) is 0 Å². The largest absolute Gasteiger partial charge is 0.0622 e. The molecule has 0 aromatic heterocycles. The van der Waals surface area contributed by atoms with E-state index in [4.69, 9.17) is 0 Å². The molecule has 0 nitrogen and oxygen atoms in total. The van der Waals surface area contributed by atoms with E-state index in [0.717, 1.165) is 0 Å². The first-order chi connectivity index (χ1) is 5.97. The van der Waals surface area contributed by atoms with E-state index >= 15 is 0 Å². The topological polar surface area (TPSA) is 0 Å². The average molecular weight is 235 g/mol. The molecule has 0 spiro atoms. The van der Waals surface area contributed by atoms with Crippen LogP contribution in [0.1, 0.15) is 0 Å². The van der Waals surface area contributed by atoms with Crippen molar-refractivity contribution in [2.45, 2.75) is 0 Å². The Morgan fingerprint density at radius 3 is 1.08 bits per heavy atom. The maximum Gasteiger partial charge on any atom is -0.0184 e. The predicted octanol–water partition coefficient (Wildman–Crippen LogP) is 2.44. The standard InChI is InChI=1S/C12H10.H2Se/c1-3-7-11(8-4-1)12-9-5-2-6-10-12;/h1-10H;1H2. The Kier molecular flexibility index (Phi) is 3.75. The van der Waals surface area contributed by atoms with Gasteiger partial charge in [0.25, 0.3) is 0 Å². The summed E-state index contributed by atoms with van der Waals surface area (Å²) in [7, 11) is 0. The molecule has 0 unspecified atom stereocenters. The fraction of sp³-hybridized carbons (Fsp3) is 0. The first-order valence-electron chi connectivity index (χ1n) is 4.07. The van der Waals surface area contributed by atoms with Crippen LogP contribution in [0.2, 0.25) is 0 Å². The van der Waals surface area contributed by atoms with Crippen LogP contribution in [0.25, 0.3) is 11.1 Å². The second kappa shape index (κ2) is 4.86. The van der Waals surface area contributed by atoms with Gasteiger partial charge in [-0.15, -0.1) is 0 Å². The SMILES string of the molecule is [SeH2].c1ccc(-c2ccccc2)cc1. The minimum absolute atomic E-state index is 0. The number of hydrogen-bond donors (Lipinski definition) is 0. The van der Waals surface area contributed by atoms with Crippen LogP contribution in [-0.2, 0) is 0 Å². The number of rotatable bonds is 1. The van der Waals surface area contributed by atoms with Crippen LogP contribution < -0.4 is 0 Å². The van der Waals surface area contributed by atoms with Crippen molar-refractivity contribution in [3.63, 3.8) is 0 Å². The van der Waals surface area contributed by atoms with Crippen LogP contribution in [0.15, 0.2) is 60.7 Å². The Hall–Kier alpha value is -1.04. The zero-order valence-electron chi connectivity index (χ0n) is 7.27. The maximum absolute atomic E-state index is 2.12. The second-order valence-corrected chi connectivity index (χ2v) is 2.73. The van der Waals surface area contributed by atoms with E-state index in [1.54, 1.807) is 0 Å². The Balaban J connectivity index is 0.000000845. The summed E-state index contributed by atoms with van der Waals surface area (Å²) in [5.41, 5.74) is 2.55. The zero-order chi connectivity index (χ0) is 8.23. The molecule has 1 heteroatoms. The van der Waals surface area contributed by atoms with Crippen LogP contribution in [0.3, 0.4) is 0 Å². The minimum atomic E-state index is 0. The van der Waals surface area contributed by atoms with Crippen molar-refractivity contribution in [1.82, 2.24) is 0 Å². The molecule has 0 heterocycles. The van der Waals surface area contributed by atoms with E-state index in [9.17, 15) is 0 Å². The Morgan fingerprint density at radius 2 is 0.769 bits per heavy atom. The van der Waals surface area contributed by atoms with Gasteiger partial charge in [0, 0.05) is 0 Å². The first kappa shape index (κ1) is 10.0. The van der Waals surface area contributed by atoms with Gasteiger partial charge in [-0.05, 0) is 11.1 Å². The summed E-state index contributed by atoms with van der Waals surface area (Å²) in [4.78, 5) is 0. The molecule has 0 fully saturated rings. The van der Waals surface area contributed by atoms with Crippen molar-refractivity contribution in [1.29, 1.82) is 0 Å². The smallest absolute Gasteiger partial charge is 0.0184 e. The van der Waals surface area contributed by atoms with Crippen molar-refractivity contribution >= 4 is 17.1 Å². The van der Waals surface area contributed by atoms with Gasteiger partial charge >= 0.3 is 17.1 Å². The molecule has 0 bridgehead atoms. The normalized spacial score (nSPS) is 8.92. The van der Waals surface area contributed by atoms with Gasteiger partial charge in [-0.2, -0.15) is 0 Å². The molecule has 0 saturated heterocycles. The summed E-state index contributed by atoms with van der Waals surface area (Å²) in [5, 5.41) is 0. The third-order valence-electron chi connectivity index (χ3n) is 1.88. The van der Waals surface area contributed by atoms with E-state index in [1.807, 2.05) is 12.1 Å². The molecule has 0 aliphatic rings. The molecule has 0 radical (unpaired) electrons. The Bertz CT molecular complexity index is 303. The zero-order valence-corrected chi connectivity index (χ0v) is 9.37. The van der Waals surface area contributed by atoms with Gasteiger partial charge in [-0.1, -0.05) is 60.7 Å². The van der Waals surface area contributed by atoms with Gasteiger partial charge in [0.15, 0.2) is 0 Å². The van der Waals surface area contributed by atoms with E-state index in [2.05, 4.69) is 48.5 Å². The van der Waals surface area contributed by atoms with Crippen LogP contribution in [0, 0.1) is 0 Å². The number of hydrogen-bond acceptors (Lipinski definition) is 0. The fourth-order valence-corrected chi connectivity index (χ4v) is 1.26. The summed E-state index contributed by atoms with van der Waals surface area (Å²) in [6.45, 7) is 0. The van der Waals surface area contributed by atoms with Crippen molar-refractivity contribution in [3.8, 4) is 11.1 Å². The van der Waals surface area contributed by atoms with E-state index in [0.29, 0.717) is 0 Å². The predicted molar refractivity (Wildman–Crippen MR) is 60.4 cm³/mol. The van der Waals surface area contributed by atoms with Crippen LogP contribution >= 0.6 is 0 Å². The van der Waals surface area contributed by atoms with Gasteiger partial charge in [0.1, 0.15) is 0 Å². The minimum Gasteiger partial charge on any atom is -0.0622 e. The van der Waals surface area contributed by atoms with Crippen LogP contribution in [0.5, 0.6) is 0 Å². The quantitative estimate of drug-likeness (QED) is 0.666. The average Bonchev–Trinajstić information content (AvgIpc) is 2.21. The molecule has 13 heavy (non-hydrogen) atoms. The summed E-state index contributed by atoms with van der Waals surface area (Å²) in [6.07, 6.45) is 0. The molecule has 0 atom stereocenters. The molecular weight excluding hydrogens is 223 g/mol. The van der Waals surface area contributed by atoms with Crippen molar-refractivity contribution < 1.29 is 0 Å². The van der Waals surface area contributed by atoms with Gasteiger partial charge in [-0.25, -0.2) is 0 Å². The summed E-state index contributed by atoms with van der Waals surface area (Å²) < 4.78 is 0. The molecule has 0 aliphatic heterocycles. The third-order valence-corrected chi connectivity index (χ3v) is 1.88. The first-order valence-corrected chi connectivity index (χ1v) is 4.07. The van der Waals surface area contributed by atoms with E-state index in [-0.39, 0.29) is 17.1 Å². The van der Waals surface area contributed by atoms with Crippen molar-refractivity contribution in [3.05, 3.63) is 60.7 Å². The van der Waals surface area contributed by atoms with E-state index < -0.39 is 0 Å². The molecule has 0 saturated carbocycles. The van der Waals surface area contributed by atoms with Crippen molar-refractivity contribution in [2.75, 3.05) is 0 Å². The van der Waals surface area contributed by atoms with E-state index in [1.165, 1.54) is 11.1 Å². The van der Waals surface area contributed by atoms with Crippen molar-refractivity contribution in [2.24, 2.45) is 0 Å². The van der Waals surface area contributed by atoms with Gasteiger partial charge in [0.05, 0.1) is 0 Å². The summed E-state index contributed by atoms with van der Waals surface area (Å²) in [5.74, 6) is 0. The molecule has 0 aliphatic carbocycles. The molecule has 2 rings (SSSR count). The van der Waals surface area contributed by atoms with Crippen LogP contribution in [-0.4, -0.2) is 17.1 Å². The molecule has 2 aromatic rings. The molecule has 0 amide bonds. The van der Waals surface area contributed by atoms with Gasteiger partial charge in [0.2, 0.25) is 0 Å². The maximum atomic E-state index is 2.12. The number of benzene rings is 2.